The number of hydrogen-bond donors (Lipinski definition) is 1. The second kappa shape index (κ2) is 5.39. The quantitative estimate of drug-likeness (QED) is 0.399. The lowest BCUT2D eigenvalue weighted by atomic mass is 10.2. The lowest BCUT2D eigenvalue weighted by molar-refractivity contribution is -0.116. The van der Waals surface area contributed by atoms with E-state index < -0.39 is 5.91 Å². The zero-order valence-electron chi connectivity index (χ0n) is 6.97. The third kappa shape index (κ3) is 3.22. The van der Waals surface area contributed by atoms with E-state index in [9.17, 15) is 4.79 Å². The van der Waals surface area contributed by atoms with E-state index in [1.165, 1.54) is 0 Å². The average Bonchev–Trinajstić information content (AvgIpc) is 2.04. The minimum Gasteiger partial charge on any atom is -0.263 e. The van der Waals surface area contributed by atoms with Crippen LogP contribution in [0.4, 0.5) is 0 Å². The van der Waals surface area contributed by atoms with Gasteiger partial charge in [0.25, 0.3) is 0 Å². The molecule has 0 aromatic heterocycles. The van der Waals surface area contributed by atoms with Gasteiger partial charge in [0.05, 0.1) is 4.95 Å². The van der Waals surface area contributed by atoms with Crippen LogP contribution < -0.4 is 5.43 Å². The maximum Gasteiger partial charge on any atom is 0.319 e. The molecule has 0 aliphatic rings. The van der Waals surface area contributed by atoms with Crippen LogP contribution in [0.3, 0.4) is 0 Å². The minimum atomic E-state index is -0.402. The number of nitrogens with zero attached hydrogens (tertiary/aromatic N) is 1. The van der Waals surface area contributed by atoms with Crippen LogP contribution in [-0.4, -0.2) is 5.91 Å². The van der Waals surface area contributed by atoms with Crippen LogP contribution in [0.2, 0.25) is 0 Å². The van der Waals surface area contributed by atoms with Crippen LogP contribution in [0.5, 0.6) is 0 Å². The van der Waals surface area contributed by atoms with E-state index in [0.29, 0.717) is 10.6 Å². The standard InChI is InChI=1S/C8H9ClN2O/c1-4-5-7(9)6(2)8(12)11-10-3/h3-5H,1-2H3/p+1/b5-4-,7-6-. The molecule has 0 aliphatic heterocycles. The van der Waals surface area contributed by atoms with Gasteiger partial charge in [-0.15, -0.1) is 0 Å². The van der Waals surface area contributed by atoms with Gasteiger partial charge < -0.3 is 0 Å². The Morgan fingerprint density at radius 2 is 2.25 bits per heavy atom. The number of carbonyl (C=O) groups excluding carboxylic acids is 1. The Labute approximate surface area is 76.5 Å². The Morgan fingerprint density at radius 3 is 2.67 bits per heavy atom. The van der Waals surface area contributed by atoms with Gasteiger partial charge in [-0.3, -0.25) is 4.79 Å². The number of nitrogens with one attached hydrogen (secondary N) is 1. The van der Waals surface area contributed by atoms with Crippen molar-refractivity contribution in [1.29, 1.82) is 0 Å². The van der Waals surface area contributed by atoms with E-state index in [4.69, 9.17) is 18.2 Å². The molecule has 0 radical (unpaired) electrons. The second-order valence-electron chi connectivity index (χ2n) is 2.04. The maximum absolute atomic E-state index is 11.0. The molecule has 0 rings (SSSR count). The molecule has 1 N–H and O–H groups in total. The number of rotatable bonds is 2. The molecule has 0 aromatic carbocycles. The van der Waals surface area contributed by atoms with Gasteiger partial charge in [-0.2, -0.15) is 0 Å². The van der Waals surface area contributed by atoms with Gasteiger partial charge in [0.1, 0.15) is 0 Å². The van der Waals surface area contributed by atoms with Crippen molar-refractivity contribution in [1.82, 2.24) is 5.43 Å². The predicted octanol–water partition coefficient (Wildman–Crippen LogP) is 2.07. The highest BCUT2D eigenvalue weighted by atomic mass is 35.5. The Morgan fingerprint density at radius 1 is 1.67 bits per heavy atom. The predicted molar refractivity (Wildman–Crippen MR) is 49.8 cm³/mol. The summed E-state index contributed by atoms with van der Waals surface area (Å²) >= 11 is 5.71. The van der Waals surface area contributed by atoms with Gasteiger partial charge in [0.2, 0.25) is 0 Å². The molecule has 0 unspecified atom stereocenters. The lowest BCUT2D eigenvalue weighted by Gasteiger charge is -1.93. The van der Waals surface area contributed by atoms with Crippen LogP contribution in [0.15, 0.2) is 22.8 Å². The third-order valence-electron chi connectivity index (χ3n) is 1.18. The summed E-state index contributed by atoms with van der Waals surface area (Å²) in [4.78, 5) is 14.0. The van der Waals surface area contributed by atoms with Crippen molar-refractivity contribution >= 4 is 17.5 Å². The Kier molecular flexibility index (Phi) is 4.82. The first-order chi connectivity index (χ1) is 5.63. The molecule has 0 atom stereocenters. The van der Waals surface area contributed by atoms with Crippen LogP contribution in [0.25, 0.3) is 4.95 Å². The Hall–Kier alpha value is -1.27. The Balaban J connectivity index is 4.56. The van der Waals surface area contributed by atoms with Gasteiger partial charge in [-0.1, -0.05) is 17.7 Å². The van der Waals surface area contributed by atoms with E-state index in [2.05, 4.69) is 10.4 Å². The van der Waals surface area contributed by atoms with Crippen molar-refractivity contribution < 1.29 is 4.79 Å². The van der Waals surface area contributed by atoms with Gasteiger partial charge >= 0.3 is 12.5 Å². The van der Waals surface area contributed by atoms with E-state index in [-0.39, 0.29) is 0 Å². The van der Waals surface area contributed by atoms with Crippen LogP contribution >= 0.6 is 11.6 Å². The summed E-state index contributed by atoms with van der Waals surface area (Å²) in [6.07, 6.45) is 3.35. The first-order valence-corrected chi connectivity index (χ1v) is 3.70. The first-order valence-electron chi connectivity index (χ1n) is 3.32. The number of hydrogen-bond acceptors (Lipinski definition) is 1. The fourth-order valence-corrected chi connectivity index (χ4v) is 0.734. The highest BCUT2D eigenvalue weighted by Crippen LogP contribution is 2.10. The van der Waals surface area contributed by atoms with Crippen LogP contribution in [0.1, 0.15) is 13.8 Å². The summed E-state index contributed by atoms with van der Waals surface area (Å²) in [6.45, 7) is 8.14. The van der Waals surface area contributed by atoms with Gasteiger partial charge in [-0.25, -0.2) is 0 Å². The largest absolute Gasteiger partial charge is 0.319 e. The summed E-state index contributed by atoms with van der Waals surface area (Å²) in [5, 5.41) is 0.374. The third-order valence-corrected chi connectivity index (χ3v) is 1.59. The second-order valence-corrected chi connectivity index (χ2v) is 2.45. The molecule has 0 fully saturated rings. The van der Waals surface area contributed by atoms with E-state index >= 15 is 0 Å². The lowest BCUT2D eigenvalue weighted by Crippen LogP contribution is -2.16. The minimum absolute atomic E-state index is 0.374. The number of halogens is 1. The molecule has 0 heterocycles. The van der Waals surface area contributed by atoms with E-state index in [0.717, 1.165) is 0 Å². The Bertz CT molecular complexity index is 273. The summed E-state index contributed by atoms with van der Waals surface area (Å²) in [7, 11) is 0. The highest BCUT2D eigenvalue weighted by Gasteiger charge is 2.09. The molecule has 0 saturated carbocycles. The van der Waals surface area contributed by atoms with Crippen molar-refractivity contribution in [2.75, 3.05) is 0 Å². The SMILES string of the molecule is C#[N+]NC(=O)/C(C)=C(Cl)/C=C\C. The molecule has 0 aliphatic carbocycles. The number of carbonyl (C=O) groups is 1. The summed E-state index contributed by atoms with van der Waals surface area (Å²) in [5.74, 6) is -0.402. The molecular formula is C8H10ClN2O+. The van der Waals surface area contributed by atoms with Gasteiger partial charge in [0.15, 0.2) is 0 Å². The van der Waals surface area contributed by atoms with Crippen LogP contribution in [-0.2, 0) is 4.79 Å². The molecule has 0 saturated heterocycles. The molecule has 1 amide bonds. The molecule has 4 heteroatoms. The molecule has 0 spiro atoms. The smallest absolute Gasteiger partial charge is 0.263 e. The first kappa shape index (κ1) is 10.7. The number of allylic oxidation sites excluding steroid dienone is 3. The summed E-state index contributed by atoms with van der Waals surface area (Å²) < 4.78 is 0. The van der Waals surface area contributed by atoms with Gasteiger partial charge in [0, 0.05) is 10.6 Å². The van der Waals surface area contributed by atoms with Gasteiger partial charge in [-0.05, 0) is 25.3 Å². The molecule has 0 aromatic rings. The highest BCUT2D eigenvalue weighted by molar-refractivity contribution is 6.33. The van der Waals surface area contributed by atoms with Crippen molar-refractivity contribution in [3.63, 3.8) is 0 Å². The molecule has 3 nitrogen and oxygen atoms in total. The topological polar surface area (TPSA) is 33.5 Å². The molecule has 0 bridgehead atoms. The van der Waals surface area contributed by atoms with Crippen molar-refractivity contribution in [3.8, 4) is 6.57 Å². The maximum atomic E-state index is 11.0. The summed E-state index contributed by atoms with van der Waals surface area (Å²) in [5.41, 5.74) is 2.45. The zero-order chi connectivity index (χ0) is 9.56. The molecular weight excluding hydrogens is 176 g/mol. The number of amides is 1. The summed E-state index contributed by atoms with van der Waals surface area (Å²) in [6, 6.07) is 0. The van der Waals surface area contributed by atoms with E-state index in [1.807, 2.05) is 0 Å². The monoisotopic (exact) mass is 185 g/mol. The zero-order valence-corrected chi connectivity index (χ0v) is 7.72. The molecule has 12 heavy (non-hydrogen) atoms. The average molecular weight is 186 g/mol. The fourth-order valence-electron chi connectivity index (χ4n) is 0.522. The van der Waals surface area contributed by atoms with Crippen molar-refractivity contribution in [2.24, 2.45) is 0 Å². The van der Waals surface area contributed by atoms with Crippen molar-refractivity contribution in [3.05, 3.63) is 27.7 Å². The van der Waals surface area contributed by atoms with Crippen molar-refractivity contribution in [2.45, 2.75) is 13.8 Å². The normalized spacial score (nSPS) is 12.2. The van der Waals surface area contributed by atoms with Crippen LogP contribution in [0, 0.1) is 6.57 Å². The molecule has 64 valence electrons. The fraction of sp³-hybridized carbons (Fsp3) is 0.250. The van der Waals surface area contributed by atoms with E-state index in [1.54, 1.807) is 26.0 Å².